The highest BCUT2D eigenvalue weighted by atomic mass is 35.5. The molecule has 27 heavy (non-hydrogen) atoms. The molecule has 0 aliphatic carbocycles. The maximum absolute atomic E-state index is 12.5. The number of likely N-dealkylation sites (N-methyl/N-ethyl adjacent to an activating group) is 1. The van der Waals surface area contributed by atoms with E-state index < -0.39 is 0 Å². The molecule has 2 aliphatic rings. The Morgan fingerprint density at radius 2 is 2.07 bits per heavy atom. The van der Waals surface area contributed by atoms with E-state index in [4.69, 9.17) is 4.74 Å². The van der Waals surface area contributed by atoms with E-state index in [2.05, 4.69) is 25.8 Å². The van der Waals surface area contributed by atoms with E-state index in [-0.39, 0.29) is 30.7 Å². The van der Waals surface area contributed by atoms with Gasteiger partial charge in [-0.2, -0.15) is 0 Å². The summed E-state index contributed by atoms with van der Waals surface area (Å²) in [5.74, 6) is 0.586. The van der Waals surface area contributed by atoms with Gasteiger partial charge in [0.1, 0.15) is 12.4 Å². The van der Waals surface area contributed by atoms with Gasteiger partial charge < -0.3 is 20.3 Å². The fraction of sp³-hybridized carbons (Fsp3) is 0.471. The molecule has 1 aromatic heterocycles. The minimum atomic E-state index is -0.250. The third-order valence-electron chi connectivity index (χ3n) is 4.74. The van der Waals surface area contributed by atoms with Gasteiger partial charge in [0.2, 0.25) is 0 Å². The standard InChI is InChI=1S/C17H22N6O2.2ClH/c1-22-8-9-25-16-3-2-12(10-15(16)22)19-17(24)14-11-23(21-20-14)13-4-6-18-7-5-13;;/h2-3,10-11,13,18H,4-9H2,1H3,(H,19,24);2*1H. The highest BCUT2D eigenvalue weighted by Gasteiger charge is 2.20. The lowest BCUT2D eigenvalue weighted by Gasteiger charge is -2.28. The van der Waals surface area contributed by atoms with Gasteiger partial charge in [0.25, 0.3) is 5.91 Å². The zero-order valence-electron chi connectivity index (χ0n) is 15.1. The van der Waals surface area contributed by atoms with Crippen LogP contribution in [-0.2, 0) is 0 Å². The number of hydrogen-bond acceptors (Lipinski definition) is 6. The monoisotopic (exact) mass is 414 g/mol. The maximum Gasteiger partial charge on any atom is 0.277 e. The van der Waals surface area contributed by atoms with Crippen molar-refractivity contribution in [2.24, 2.45) is 0 Å². The molecule has 0 radical (unpaired) electrons. The van der Waals surface area contributed by atoms with Crippen molar-refractivity contribution in [3.05, 3.63) is 30.1 Å². The maximum atomic E-state index is 12.5. The summed E-state index contributed by atoms with van der Waals surface area (Å²) >= 11 is 0. The van der Waals surface area contributed by atoms with E-state index in [1.807, 2.05) is 29.9 Å². The van der Waals surface area contributed by atoms with E-state index in [0.29, 0.717) is 18.3 Å². The van der Waals surface area contributed by atoms with Gasteiger partial charge in [0.15, 0.2) is 5.69 Å². The summed E-state index contributed by atoms with van der Waals surface area (Å²) in [4.78, 5) is 14.6. The molecule has 3 heterocycles. The van der Waals surface area contributed by atoms with Crippen molar-refractivity contribution in [1.82, 2.24) is 20.3 Å². The zero-order valence-corrected chi connectivity index (χ0v) is 16.7. The first-order chi connectivity index (χ1) is 12.2. The number of ether oxygens (including phenoxy) is 1. The molecule has 0 unspecified atom stereocenters. The van der Waals surface area contributed by atoms with Crippen molar-refractivity contribution in [2.45, 2.75) is 18.9 Å². The summed E-state index contributed by atoms with van der Waals surface area (Å²) < 4.78 is 7.43. The van der Waals surface area contributed by atoms with Crippen LogP contribution >= 0.6 is 24.8 Å². The van der Waals surface area contributed by atoms with Crippen LogP contribution in [0.2, 0.25) is 0 Å². The predicted molar refractivity (Wildman–Crippen MR) is 109 cm³/mol. The summed E-state index contributed by atoms with van der Waals surface area (Å²) in [6, 6.07) is 5.95. The molecule has 1 fully saturated rings. The van der Waals surface area contributed by atoms with E-state index in [1.54, 1.807) is 6.20 Å². The molecule has 2 aliphatic heterocycles. The molecule has 0 bridgehead atoms. The normalized spacial score (nSPS) is 16.4. The molecule has 0 saturated carbocycles. The SMILES string of the molecule is CN1CCOc2ccc(NC(=O)c3cn(C4CCNCC4)nn3)cc21.Cl.Cl. The van der Waals surface area contributed by atoms with Crippen LogP contribution in [0.15, 0.2) is 24.4 Å². The van der Waals surface area contributed by atoms with Crippen molar-refractivity contribution < 1.29 is 9.53 Å². The lowest BCUT2D eigenvalue weighted by atomic mass is 10.1. The van der Waals surface area contributed by atoms with Gasteiger partial charge in [0, 0.05) is 12.7 Å². The van der Waals surface area contributed by atoms with Gasteiger partial charge >= 0.3 is 0 Å². The first-order valence-electron chi connectivity index (χ1n) is 8.62. The van der Waals surface area contributed by atoms with Crippen molar-refractivity contribution in [3.8, 4) is 5.75 Å². The largest absolute Gasteiger partial charge is 0.490 e. The number of carbonyl (C=O) groups excluding carboxylic acids is 1. The Hall–Kier alpha value is -2.03. The summed E-state index contributed by atoms with van der Waals surface area (Å²) in [6.07, 6.45) is 3.74. The molecule has 2 N–H and O–H groups in total. The Labute approximate surface area is 170 Å². The number of rotatable bonds is 3. The Morgan fingerprint density at radius 3 is 2.85 bits per heavy atom. The molecule has 2 aromatic rings. The molecule has 0 spiro atoms. The lowest BCUT2D eigenvalue weighted by Crippen LogP contribution is -2.29. The number of aromatic nitrogens is 3. The predicted octanol–water partition coefficient (Wildman–Crippen LogP) is 2.13. The number of hydrogen-bond donors (Lipinski definition) is 2. The summed E-state index contributed by atoms with van der Waals surface area (Å²) in [6.45, 7) is 3.44. The Bertz CT molecular complexity index is 779. The Kier molecular flexibility index (Phi) is 7.29. The number of nitrogens with zero attached hydrogens (tertiary/aromatic N) is 4. The smallest absolute Gasteiger partial charge is 0.277 e. The van der Waals surface area contributed by atoms with Crippen LogP contribution in [0, 0.1) is 0 Å². The molecule has 10 heteroatoms. The van der Waals surface area contributed by atoms with Gasteiger partial charge in [-0.3, -0.25) is 4.79 Å². The second-order valence-electron chi connectivity index (χ2n) is 6.47. The summed E-state index contributed by atoms with van der Waals surface area (Å²) in [7, 11) is 2.01. The third-order valence-corrected chi connectivity index (χ3v) is 4.74. The molecule has 1 amide bonds. The van der Waals surface area contributed by atoms with E-state index >= 15 is 0 Å². The third kappa shape index (κ3) is 4.63. The van der Waals surface area contributed by atoms with Crippen molar-refractivity contribution in [1.29, 1.82) is 0 Å². The van der Waals surface area contributed by atoms with Crippen molar-refractivity contribution >= 4 is 42.1 Å². The van der Waals surface area contributed by atoms with Gasteiger partial charge in [-0.15, -0.1) is 29.9 Å². The van der Waals surface area contributed by atoms with Crippen LogP contribution in [0.1, 0.15) is 29.4 Å². The van der Waals surface area contributed by atoms with Crippen LogP contribution in [-0.4, -0.2) is 54.2 Å². The highest BCUT2D eigenvalue weighted by molar-refractivity contribution is 6.03. The Balaban J connectivity index is 0.00000131. The van der Waals surface area contributed by atoms with Crippen LogP contribution < -0.4 is 20.3 Å². The Morgan fingerprint density at radius 1 is 1.30 bits per heavy atom. The van der Waals surface area contributed by atoms with Crippen LogP contribution in [0.3, 0.4) is 0 Å². The lowest BCUT2D eigenvalue weighted by molar-refractivity contribution is 0.102. The van der Waals surface area contributed by atoms with Crippen molar-refractivity contribution in [3.63, 3.8) is 0 Å². The first kappa shape index (κ1) is 21.3. The number of fused-ring (bicyclic) bond motifs is 1. The molecule has 148 valence electrons. The number of piperidine rings is 1. The molecular weight excluding hydrogens is 391 g/mol. The molecule has 8 nitrogen and oxygen atoms in total. The highest BCUT2D eigenvalue weighted by Crippen LogP contribution is 2.33. The van der Waals surface area contributed by atoms with Crippen LogP contribution in [0.25, 0.3) is 0 Å². The average Bonchev–Trinajstić information content (AvgIpc) is 3.13. The molecule has 0 atom stereocenters. The van der Waals surface area contributed by atoms with Gasteiger partial charge in [-0.1, -0.05) is 5.21 Å². The first-order valence-corrected chi connectivity index (χ1v) is 8.62. The summed E-state index contributed by atoms with van der Waals surface area (Å²) in [5.41, 5.74) is 2.03. The number of anilines is 2. The van der Waals surface area contributed by atoms with Gasteiger partial charge in [0.05, 0.1) is 24.5 Å². The van der Waals surface area contributed by atoms with E-state index in [9.17, 15) is 4.79 Å². The molecule has 4 rings (SSSR count). The summed E-state index contributed by atoms with van der Waals surface area (Å²) in [5, 5.41) is 14.4. The minimum absolute atomic E-state index is 0. The number of benzene rings is 1. The molecule has 1 aromatic carbocycles. The average molecular weight is 415 g/mol. The number of halogens is 2. The van der Waals surface area contributed by atoms with Gasteiger partial charge in [-0.25, -0.2) is 4.68 Å². The fourth-order valence-electron chi connectivity index (χ4n) is 3.25. The quantitative estimate of drug-likeness (QED) is 0.799. The minimum Gasteiger partial charge on any atom is -0.490 e. The second kappa shape index (κ2) is 9.25. The van der Waals surface area contributed by atoms with E-state index in [0.717, 1.165) is 49.6 Å². The molecular formula is C17H24Cl2N6O2. The van der Waals surface area contributed by atoms with Gasteiger partial charge in [-0.05, 0) is 44.1 Å². The fourth-order valence-corrected chi connectivity index (χ4v) is 3.25. The molecule has 1 saturated heterocycles. The van der Waals surface area contributed by atoms with Crippen LogP contribution in [0.4, 0.5) is 11.4 Å². The topological polar surface area (TPSA) is 84.3 Å². The number of nitrogens with one attached hydrogen (secondary N) is 2. The number of amides is 1. The second-order valence-corrected chi connectivity index (χ2v) is 6.47. The zero-order chi connectivity index (χ0) is 17.2. The van der Waals surface area contributed by atoms with Crippen LogP contribution in [0.5, 0.6) is 5.75 Å². The number of carbonyl (C=O) groups is 1. The van der Waals surface area contributed by atoms with E-state index in [1.165, 1.54) is 0 Å². The van der Waals surface area contributed by atoms with Crippen molar-refractivity contribution in [2.75, 3.05) is 43.5 Å².